The van der Waals surface area contributed by atoms with Crippen molar-refractivity contribution in [2.75, 3.05) is 13.7 Å². The zero-order valence-electron chi connectivity index (χ0n) is 17.8. The van der Waals surface area contributed by atoms with E-state index in [0.29, 0.717) is 22.3 Å². The molecule has 162 valence electrons. The average molecular weight is 424 g/mol. The molecule has 1 aliphatic heterocycles. The van der Waals surface area contributed by atoms with Crippen molar-refractivity contribution in [3.63, 3.8) is 0 Å². The number of carbonyl (C=O) groups excluding carboxylic acids is 4. The summed E-state index contributed by atoms with van der Waals surface area (Å²) in [4.78, 5) is 50.8. The largest absolute Gasteiger partial charge is 0.465 e. The summed E-state index contributed by atoms with van der Waals surface area (Å²) in [6, 6.07) is 12.2. The molecular formula is C23H24N2O6. The Balaban J connectivity index is 1.87. The number of fused-ring (bicyclic) bond motifs is 1. The lowest BCUT2D eigenvalue weighted by Crippen LogP contribution is -2.42. The van der Waals surface area contributed by atoms with Gasteiger partial charge in [0.15, 0.2) is 0 Å². The third-order valence-electron chi connectivity index (χ3n) is 4.67. The van der Waals surface area contributed by atoms with Crippen molar-refractivity contribution < 1.29 is 28.7 Å². The molecule has 8 nitrogen and oxygen atoms in total. The number of imide groups is 1. The number of hydrogen-bond acceptors (Lipinski definition) is 6. The summed E-state index contributed by atoms with van der Waals surface area (Å²) in [6.07, 6.45) is -0.689. The Morgan fingerprint density at radius 2 is 1.52 bits per heavy atom. The molecule has 0 bridgehead atoms. The summed E-state index contributed by atoms with van der Waals surface area (Å²) in [5.74, 6) is -1.35. The van der Waals surface area contributed by atoms with Crippen LogP contribution in [-0.2, 0) is 9.47 Å². The van der Waals surface area contributed by atoms with Gasteiger partial charge in [-0.15, -0.1) is 0 Å². The number of nitrogens with zero attached hydrogens (tertiary/aromatic N) is 1. The number of esters is 1. The molecule has 31 heavy (non-hydrogen) atoms. The van der Waals surface area contributed by atoms with Crippen molar-refractivity contribution in [3.05, 3.63) is 70.8 Å². The highest BCUT2D eigenvalue weighted by Gasteiger charge is 2.37. The molecule has 2 aromatic rings. The fourth-order valence-electron chi connectivity index (χ4n) is 3.24. The van der Waals surface area contributed by atoms with E-state index in [2.05, 4.69) is 5.32 Å². The molecule has 1 heterocycles. The Labute approximate surface area is 180 Å². The minimum atomic E-state index is -0.747. The molecule has 0 fully saturated rings. The van der Waals surface area contributed by atoms with E-state index in [9.17, 15) is 19.2 Å². The maximum absolute atomic E-state index is 12.8. The Morgan fingerprint density at radius 3 is 2.00 bits per heavy atom. The minimum absolute atomic E-state index is 0.0941. The van der Waals surface area contributed by atoms with Gasteiger partial charge in [0, 0.05) is 0 Å². The normalized spacial score (nSPS) is 14.1. The Kier molecular flexibility index (Phi) is 6.10. The number of amides is 3. The molecule has 0 radical (unpaired) electrons. The summed E-state index contributed by atoms with van der Waals surface area (Å²) < 4.78 is 10.0. The molecule has 0 saturated carbocycles. The van der Waals surface area contributed by atoms with Gasteiger partial charge < -0.3 is 14.8 Å². The first kappa shape index (κ1) is 22.0. The van der Waals surface area contributed by atoms with Gasteiger partial charge in [-0.05, 0) is 50.6 Å². The summed E-state index contributed by atoms with van der Waals surface area (Å²) in [5.41, 5.74) is 0.853. The molecule has 1 aliphatic rings. The summed E-state index contributed by atoms with van der Waals surface area (Å²) in [6.45, 7) is 5.11. The van der Waals surface area contributed by atoms with E-state index in [4.69, 9.17) is 9.47 Å². The molecule has 0 spiro atoms. The molecule has 0 saturated heterocycles. The predicted molar refractivity (Wildman–Crippen MR) is 112 cm³/mol. The highest BCUT2D eigenvalue weighted by atomic mass is 16.6. The fourth-order valence-corrected chi connectivity index (χ4v) is 3.24. The van der Waals surface area contributed by atoms with Gasteiger partial charge in [0.1, 0.15) is 5.60 Å². The lowest BCUT2D eigenvalue weighted by Gasteiger charge is -2.26. The van der Waals surface area contributed by atoms with E-state index >= 15 is 0 Å². The first-order valence-electron chi connectivity index (χ1n) is 9.73. The van der Waals surface area contributed by atoms with Crippen molar-refractivity contribution in [2.45, 2.75) is 32.4 Å². The third-order valence-corrected chi connectivity index (χ3v) is 4.67. The maximum Gasteiger partial charge on any atom is 0.408 e. The molecule has 1 unspecified atom stereocenters. The van der Waals surface area contributed by atoms with E-state index in [1.807, 2.05) is 0 Å². The Hall–Kier alpha value is -3.68. The van der Waals surface area contributed by atoms with E-state index < -0.39 is 35.5 Å². The number of ether oxygens (including phenoxy) is 2. The Bertz CT molecular complexity index is 988. The maximum atomic E-state index is 12.8. The fraction of sp³-hybridized carbons (Fsp3) is 0.304. The lowest BCUT2D eigenvalue weighted by atomic mass is 10.0. The molecule has 1 N–H and O–H groups in total. The van der Waals surface area contributed by atoms with Crippen LogP contribution in [0, 0.1) is 0 Å². The quantitative estimate of drug-likeness (QED) is 0.583. The highest BCUT2D eigenvalue weighted by molar-refractivity contribution is 6.21. The van der Waals surface area contributed by atoms with Gasteiger partial charge in [-0.3, -0.25) is 14.5 Å². The van der Waals surface area contributed by atoms with E-state index in [1.165, 1.54) is 7.11 Å². The number of benzene rings is 2. The first-order valence-corrected chi connectivity index (χ1v) is 9.73. The van der Waals surface area contributed by atoms with Gasteiger partial charge in [0.05, 0.1) is 36.4 Å². The van der Waals surface area contributed by atoms with Crippen molar-refractivity contribution in [1.82, 2.24) is 10.2 Å². The van der Waals surface area contributed by atoms with Crippen molar-refractivity contribution >= 4 is 23.9 Å². The molecule has 3 amide bonds. The van der Waals surface area contributed by atoms with Gasteiger partial charge in [0.25, 0.3) is 11.8 Å². The van der Waals surface area contributed by atoms with E-state index in [0.717, 1.165) is 4.90 Å². The molecule has 8 heteroatoms. The van der Waals surface area contributed by atoms with E-state index in [1.54, 1.807) is 69.3 Å². The van der Waals surface area contributed by atoms with Crippen LogP contribution in [0.2, 0.25) is 0 Å². The second kappa shape index (κ2) is 8.59. The number of nitrogens with one attached hydrogen (secondary N) is 1. The Morgan fingerprint density at radius 1 is 0.968 bits per heavy atom. The molecule has 1 atom stereocenters. The zero-order valence-corrected chi connectivity index (χ0v) is 17.8. The summed E-state index contributed by atoms with van der Waals surface area (Å²) in [5, 5.41) is 2.72. The average Bonchev–Trinajstić information content (AvgIpc) is 2.96. The number of carbonyl (C=O) groups is 4. The molecule has 2 aromatic carbocycles. The summed E-state index contributed by atoms with van der Waals surface area (Å²) >= 11 is 0. The predicted octanol–water partition coefficient (Wildman–Crippen LogP) is 3.34. The molecular weight excluding hydrogens is 400 g/mol. The monoisotopic (exact) mass is 424 g/mol. The smallest absolute Gasteiger partial charge is 0.408 e. The molecule has 0 aromatic heterocycles. The van der Waals surface area contributed by atoms with Crippen molar-refractivity contribution in [1.29, 1.82) is 0 Å². The zero-order chi connectivity index (χ0) is 22.8. The number of hydrogen-bond donors (Lipinski definition) is 1. The first-order chi connectivity index (χ1) is 14.6. The lowest BCUT2D eigenvalue weighted by molar-refractivity contribution is 0.0467. The van der Waals surface area contributed by atoms with Crippen molar-refractivity contribution in [3.8, 4) is 0 Å². The van der Waals surface area contributed by atoms with Crippen LogP contribution < -0.4 is 5.32 Å². The topological polar surface area (TPSA) is 102 Å². The standard InChI is InChI=1S/C23H24N2O6/c1-23(2,3)31-22(29)24-18(14-9-11-15(12-10-14)21(28)30-4)13-25-19(26)16-7-5-6-8-17(16)20(25)27/h5-12,18H,13H2,1-4H3,(H,24,29). The number of alkyl carbamates (subject to hydrolysis) is 1. The van der Waals surface area contributed by atoms with Crippen LogP contribution >= 0.6 is 0 Å². The number of methoxy groups -OCH3 is 1. The van der Waals surface area contributed by atoms with Crippen LogP contribution in [0.1, 0.15) is 63.5 Å². The van der Waals surface area contributed by atoms with Gasteiger partial charge in [0.2, 0.25) is 0 Å². The van der Waals surface area contributed by atoms with Gasteiger partial charge in [-0.25, -0.2) is 9.59 Å². The van der Waals surface area contributed by atoms with Crippen LogP contribution in [0.3, 0.4) is 0 Å². The minimum Gasteiger partial charge on any atom is -0.465 e. The summed E-state index contributed by atoms with van der Waals surface area (Å²) in [7, 11) is 1.28. The van der Waals surface area contributed by atoms with Crippen LogP contribution in [0.5, 0.6) is 0 Å². The van der Waals surface area contributed by atoms with Crippen LogP contribution in [0.25, 0.3) is 0 Å². The van der Waals surface area contributed by atoms with Crippen LogP contribution in [0.4, 0.5) is 4.79 Å². The third kappa shape index (κ3) is 4.91. The van der Waals surface area contributed by atoms with Gasteiger partial charge >= 0.3 is 12.1 Å². The van der Waals surface area contributed by atoms with Crippen molar-refractivity contribution in [2.24, 2.45) is 0 Å². The molecule has 3 rings (SSSR count). The van der Waals surface area contributed by atoms with Gasteiger partial charge in [-0.2, -0.15) is 0 Å². The van der Waals surface area contributed by atoms with Gasteiger partial charge in [-0.1, -0.05) is 24.3 Å². The highest BCUT2D eigenvalue weighted by Crippen LogP contribution is 2.26. The van der Waals surface area contributed by atoms with E-state index in [-0.39, 0.29) is 6.54 Å². The second-order valence-corrected chi connectivity index (χ2v) is 8.08. The molecule has 0 aliphatic carbocycles. The van der Waals surface area contributed by atoms with Crippen LogP contribution in [-0.4, -0.2) is 48.0 Å². The second-order valence-electron chi connectivity index (χ2n) is 8.08. The SMILES string of the molecule is COC(=O)c1ccc(C(CN2C(=O)c3ccccc3C2=O)NC(=O)OC(C)(C)C)cc1. The van der Waals surface area contributed by atoms with Crippen LogP contribution in [0.15, 0.2) is 48.5 Å². The number of rotatable bonds is 5.